The summed E-state index contributed by atoms with van der Waals surface area (Å²) in [5.74, 6) is 5.03. The van der Waals surface area contributed by atoms with Gasteiger partial charge < -0.3 is 0 Å². The third kappa shape index (κ3) is 2.40. The molecule has 0 N–H and O–H groups in total. The second-order valence-corrected chi connectivity index (χ2v) is 7.14. The minimum Gasteiger partial charge on any atom is -0.0623 e. The van der Waals surface area contributed by atoms with Crippen molar-refractivity contribution in [2.45, 2.75) is 60.3 Å². The van der Waals surface area contributed by atoms with E-state index in [-0.39, 0.29) is 0 Å². The van der Waals surface area contributed by atoms with Gasteiger partial charge in [0.15, 0.2) is 0 Å². The SMILES string of the molecule is CC(CC1CC1)C1CC1C(C)(C)C(C)C. The molecule has 0 aromatic heterocycles. The molecule has 0 nitrogen and oxygen atoms in total. The highest BCUT2D eigenvalue weighted by Gasteiger charge is 2.51. The minimum absolute atomic E-state index is 0.572. The molecule has 88 valence electrons. The van der Waals surface area contributed by atoms with Crippen molar-refractivity contribution in [3.8, 4) is 0 Å². The van der Waals surface area contributed by atoms with Crippen molar-refractivity contribution in [3.05, 3.63) is 0 Å². The van der Waals surface area contributed by atoms with E-state index in [1.54, 1.807) is 0 Å². The Kier molecular flexibility index (Phi) is 2.90. The monoisotopic (exact) mass is 208 g/mol. The van der Waals surface area contributed by atoms with Crippen molar-refractivity contribution in [1.29, 1.82) is 0 Å². The smallest absolute Gasteiger partial charge is 0.0300 e. The third-order valence-corrected chi connectivity index (χ3v) is 5.42. The lowest BCUT2D eigenvalue weighted by atomic mass is 9.75. The highest BCUT2D eigenvalue weighted by molar-refractivity contribution is 5.00. The summed E-state index contributed by atoms with van der Waals surface area (Å²) >= 11 is 0. The quantitative estimate of drug-likeness (QED) is 0.612. The van der Waals surface area contributed by atoms with E-state index in [1.807, 2.05) is 0 Å². The number of hydrogen-bond donors (Lipinski definition) is 0. The maximum absolute atomic E-state index is 2.50. The second-order valence-electron chi connectivity index (χ2n) is 7.14. The van der Waals surface area contributed by atoms with E-state index in [4.69, 9.17) is 0 Å². The van der Waals surface area contributed by atoms with Gasteiger partial charge in [-0.2, -0.15) is 0 Å². The lowest BCUT2D eigenvalue weighted by Gasteiger charge is -2.30. The standard InChI is InChI=1S/C15H28/c1-10(2)15(4,5)14-9-13(14)11(3)8-12-6-7-12/h10-14H,6-9H2,1-5H3. The van der Waals surface area contributed by atoms with E-state index in [9.17, 15) is 0 Å². The van der Waals surface area contributed by atoms with Gasteiger partial charge in [-0.05, 0) is 47.8 Å². The summed E-state index contributed by atoms with van der Waals surface area (Å²) in [6, 6.07) is 0. The van der Waals surface area contributed by atoms with E-state index in [0.29, 0.717) is 5.41 Å². The average Bonchev–Trinajstić information content (AvgIpc) is 2.98. The zero-order valence-corrected chi connectivity index (χ0v) is 11.2. The molecule has 2 saturated carbocycles. The summed E-state index contributed by atoms with van der Waals surface area (Å²) in [4.78, 5) is 0. The molecular weight excluding hydrogens is 180 g/mol. The average molecular weight is 208 g/mol. The molecule has 0 radical (unpaired) electrons. The molecule has 0 aliphatic heterocycles. The molecule has 2 fully saturated rings. The molecule has 2 aliphatic rings. The van der Waals surface area contributed by atoms with Crippen molar-refractivity contribution < 1.29 is 0 Å². The van der Waals surface area contributed by atoms with E-state index in [1.165, 1.54) is 25.7 Å². The van der Waals surface area contributed by atoms with Crippen molar-refractivity contribution in [1.82, 2.24) is 0 Å². The summed E-state index contributed by atoms with van der Waals surface area (Å²) in [5.41, 5.74) is 0.572. The van der Waals surface area contributed by atoms with Crippen LogP contribution in [0.4, 0.5) is 0 Å². The highest BCUT2D eigenvalue weighted by atomic mass is 14.6. The van der Waals surface area contributed by atoms with Crippen LogP contribution in [0.5, 0.6) is 0 Å². The van der Waals surface area contributed by atoms with Crippen LogP contribution in [0, 0.1) is 35.0 Å². The Bertz CT molecular complexity index is 222. The summed E-state index contributed by atoms with van der Waals surface area (Å²) in [5, 5.41) is 0. The van der Waals surface area contributed by atoms with Gasteiger partial charge in [0, 0.05) is 0 Å². The predicted molar refractivity (Wildman–Crippen MR) is 66.7 cm³/mol. The summed E-state index contributed by atoms with van der Waals surface area (Å²) < 4.78 is 0. The second kappa shape index (κ2) is 3.79. The molecule has 2 rings (SSSR count). The van der Waals surface area contributed by atoms with E-state index in [0.717, 1.165) is 29.6 Å². The van der Waals surface area contributed by atoms with Crippen LogP contribution in [0.25, 0.3) is 0 Å². The lowest BCUT2D eigenvalue weighted by molar-refractivity contribution is 0.184. The first kappa shape index (κ1) is 11.5. The number of rotatable bonds is 5. The maximum atomic E-state index is 2.50. The van der Waals surface area contributed by atoms with Gasteiger partial charge in [-0.1, -0.05) is 47.5 Å². The lowest BCUT2D eigenvalue weighted by Crippen LogP contribution is -2.23. The topological polar surface area (TPSA) is 0 Å². The molecule has 0 saturated heterocycles. The Morgan fingerprint density at radius 1 is 1.13 bits per heavy atom. The summed E-state index contributed by atoms with van der Waals surface area (Å²) in [6.45, 7) is 12.2. The predicted octanol–water partition coefficient (Wildman–Crippen LogP) is 4.74. The van der Waals surface area contributed by atoms with Crippen LogP contribution in [0.1, 0.15) is 60.3 Å². The van der Waals surface area contributed by atoms with Gasteiger partial charge in [-0.15, -0.1) is 0 Å². The third-order valence-electron chi connectivity index (χ3n) is 5.42. The van der Waals surface area contributed by atoms with Gasteiger partial charge in [0.25, 0.3) is 0 Å². The molecule has 3 unspecified atom stereocenters. The van der Waals surface area contributed by atoms with Gasteiger partial charge in [0.2, 0.25) is 0 Å². The molecule has 0 heterocycles. The molecule has 15 heavy (non-hydrogen) atoms. The largest absolute Gasteiger partial charge is 0.0623 e. The fourth-order valence-electron chi connectivity index (χ4n) is 3.18. The maximum Gasteiger partial charge on any atom is -0.0300 e. The fourth-order valence-corrected chi connectivity index (χ4v) is 3.18. The Hall–Kier alpha value is 0. The molecular formula is C15H28. The van der Waals surface area contributed by atoms with Crippen molar-refractivity contribution in [2.75, 3.05) is 0 Å². The first-order chi connectivity index (χ1) is 6.93. The van der Waals surface area contributed by atoms with Crippen molar-refractivity contribution in [3.63, 3.8) is 0 Å². The van der Waals surface area contributed by atoms with E-state index >= 15 is 0 Å². The zero-order valence-electron chi connectivity index (χ0n) is 11.2. The Balaban J connectivity index is 1.83. The van der Waals surface area contributed by atoms with Crippen LogP contribution in [-0.2, 0) is 0 Å². The van der Waals surface area contributed by atoms with E-state index in [2.05, 4.69) is 34.6 Å². The molecule has 0 heteroatoms. The van der Waals surface area contributed by atoms with Gasteiger partial charge in [0.1, 0.15) is 0 Å². The first-order valence-corrected chi connectivity index (χ1v) is 6.93. The van der Waals surface area contributed by atoms with Gasteiger partial charge in [-0.3, -0.25) is 0 Å². The van der Waals surface area contributed by atoms with Gasteiger partial charge in [0.05, 0.1) is 0 Å². The zero-order chi connectivity index (χ0) is 11.2. The Morgan fingerprint density at radius 2 is 1.73 bits per heavy atom. The molecule has 0 aromatic rings. The van der Waals surface area contributed by atoms with Crippen molar-refractivity contribution >= 4 is 0 Å². The molecule has 0 bridgehead atoms. The van der Waals surface area contributed by atoms with Crippen LogP contribution < -0.4 is 0 Å². The van der Waals surface area contributed by atoms with Crippen LogP contribution in [0.3, 0.4) is 0 Å². The van der Waals surface area contributed by atoms with Gasteiger partial charge >= 0.3 is 0 Å². The Morgan fingerprint density at radius 3 is 2.20 bits per heavy atom. The molecule has 0 aromatic carbocycles. The first-order valence-electron chi connectivity index (χ1n) is 6.93. The molecule has 2 aliphatic carbocycles. The molecule has 0 amide bonds. The summed E-state index contributed by atoms with van der Waals surface area (Å²) in [7, 11) is 0. The van der Waals surface area contributed by atoms with Crippen LogP contribution in [-0.4, -0.2) is 0 Å². The minimum atomic E-state index is 0.572. The van der Waals surface area contributed by atoms with Crippen LogP contribution in [0.2, 0.25) is 0 Å². The fraction of sp³-hybridized carbons (Fsp3) is 1.00. The highest BCUT2D eigenvalue weighted by Crippen LogP contribution is 2.58. The van der Waals surface area contributed by atoms with Gasteiger partial charge in [-0.25, -0.2) is 0 Å². The molecule has 3 atom stereocenters. The Labute approximate surface area is 95.8 Å². The van der Waals surface area contributed by atoms with Crippen LogP contribution >= 0.6 is 0 Å². The normalized spacial score (nSPS) is 33.2. The number of hydrogen-bond acceptors (Lipinski definition) is 0. The van der Waals surface area contributed by atoms with E-state index < -0.39 is 0 Å². The molecule has 0 spiro atoms. The summed E-state index contributed by atoms with van der Waals surface area (Å²) in [6.07, 6.45) is 6.08. The van der Waals surface area contributed by atoms with Crippen LogP contribution in [0.15, 0.2) is 0 Å². The van der Waals surface area contributed by atoms with Crippen molar-refractivity contribution in [2.24, 2.45) is 35.0 Å².